The van der Waals surface area contributed by atoms with Crippen LogP contribution in [0.1, 0.15) is 25.8 Å². The van der Waals surface area contributed by atoms with E-state index in [0.717, 1.165) is 11.4 Å². The van der Waals surface area contributed by atoms with Gasteiger partial charge in [0.15, 0.2) is 0 Å². The van der Waals surface area contributed by atoms with Gasteiger partial charge in [-0.05, 0) is 56.2 Å². The molecule has 1 aromatic carbocycles. The number of carbonyl (C=O) groups is 1. The summed E-state index contributed by atoms with van der Waals surface area (Å²) in [5.41, 5.74) is 1.20. The molecule has 0 unspecified atom stereocenters. The minimum atomic E-state index is -3.76. The van der Waals surface area contributed by atoms with E-state index in [-0.39, 0.29) is 24.5 Å². The molecule has 0 saturated heterocycles. The lowest BCUT2D eigenvalue weighted by molar-refractivity contribution is -0.147. The first-order chi connectivity index (χ1) is 15.1. The summed E-state index contributed by atoms with van der Waals surface area (Å²) in [6.07, 6.45) is 3.43. The summed E-state index contributed by atoms with van der Waals surface area (Å²) >= 11 is 0. The van der Waals surface area contributed by atoms with Crippen LogP contribution in [0.5, 0.6) is 5.75 Å². The molecule has 0 spiro atoms. The van der Waals surface area contributed by atoms with Crippen LogP contribution in [0.2, 0.25) is 0 Å². The van der Waals surface area contributed by atoms with Crippen molar-refractivity contribution in [2.45, 2.75) is 31.8 Å². The van der Waals surface area contributed by atoms with Gasteiger partial charge in [0.2, 0.25) is 10.0 Å². The smallest absolute Gasteiger partial charge is 0.309 e. The lowest BCUT2D eigenvalue weighted by Crippen LogP contribution is -2.33. The van der Waals surface area contributed by atoms with E-state index in [0.29, 0.717) is 11.3 Å². The van der Waals surface area contributed by atoms with Crippen LogP contribution in [-0.4, -0.2) is 52.6 Å². The number of sulfonamides is 1. The van der Waals surface area contributed by atoms with Gasteiger partial charge in [0.1, 0.15) is 12.4 Å². The Kier molecular flexibility index (Phi) is 6.95. The highest BCUT2D eigenvalue weighted by Gasteiger charge is 2.29. The van der Waals surface area contributed by atoms with Crippen molar-refractivity contribution in [3.8, 4) is 17.1 Å². The Morgan fingerprint density at radius 1 is 1.22 bits per heavy atom. The number of H-pyrrole nitrogens is 1. The van der Waals surface area contributed by atoms with Crippen LogP contribution >= 0.6 is 0 Å². The maximum absolute atomic E-state index is 12.9. The largest absolute Gasteiger partial charge is 0.487 e. The zero-order chi connectivity index (χ0) is 23.4. The van der Waals surface area contributed by atoms with Crippen molar-refractivity contribution in [3.63, 3.8) is 0 Å². The van der Waals surface area contributed by atoms with E-state index in [1.54, 1.807) is 56.6 Å². The van der Waals surface area contributed by atoms with Gasteiger partial charge in [-0.25, -0.2) is 12.7 Å². The van der Waals surface area contributed by atoms with Crippen LogP contribution < -0.4 is 4.74 Å². The van der Waals surface area contributed by atoms with Gasteiger partial charge in [-0.3, -0.25) is 14.9 Å². The van der Waals surface area contributed by atoms with E-state index in [1.807, 2.05) is 6.07 Å². The molecule has 10 heteroatoms. The van der Waals surface area contributed by atoms with Crippen molar-refractivity contribution in [1.29, 1.82) is 0 Å². The van der Waals surface area contributed by atoms with Gasteiger partial charge < -0.3 is 9.84 Å². The molecule has 2 aromatic heterocycles. The lowest BCUT2D eigenvalue weighted by atomic mass is 9.90. The van der Waals surface area contributed by atoms with Gasteiger partial charge in [0, 0.05) is 19.8 Å². The Balaban J connectivity index is 1.64. The first kappa shape index (κ1) is 23.4. The standard InChI is InChI=1S/C22H26N4O5S/c1-22(2,21(27)28)10-12-26(3)32(29,30)18-6-4-5-16(13-18)15-31-17-7-8-19(23-14-17)20-9-11-24-25-20/h4-9,11,13-14H,10,12,15H2,1-3H3,(H,24,25)(H,27,28). The van der Waals surface area contributed by atoms with Crippen LogP contribution in [-0.2, 0) is 21.4 Å². The van der Waals surface area contributed by atoms with E-state index in [4.69, 9.17) is 4.74 Å². The molecule has 170 valence electrons. The summed E-state index contributed by atoms with van der Waals surface area (Å²) < 4.78 is 32.8. The van der Waals surface area contributed by atoms with Crippen LogP contribution in [0, 0.1) is 5.41 Å². The third-order valence-electron chi connectivity index (χ3n) is 5.16. The molecule has 0 fully saturated rings. The van der Waals surface area contributed by atoms with E-state index >= 15 is 0 Å². The molecule has 32 heavy (non-hydrogen) atoms. The summed E-state index contributed by atoms with van der Waals surface area (Å²) in [6, 6.07) is 11.9. The van der Waals surface area contributed by atoms with E-state index < -0.39 is 21.4 Å². The molecule has 0 bridgehead atoms. The van der Waals surface area contributed by atoms with Gasteiger partial charge in [0.25, 0.3) is 0 Å². The summed E-state index contributed by atoms with van der Waals surface area (Å²) in [5.74, 6) is -0.413. The normalized spacial score (nSPS) is 12.1. The predicted octanol–water partition coefficient (Wildman–Crippen LogP) is 3.17. The first-order valence-electron chi connectivity index (χ1n) is 9.97. The summed E-state index contributed by atoms with van der Waals surface area (Å²) in [6.45, 7) is 3.41. The second-order valence-electron chi connectivity index (χ2n) is 8.05. The molecule has 2 N–H and O–H groups in total. The number of nitrogens with one attached hydrogen (secondary N) is 1. The number of ether oxygens (including phenoxy) is 1. The quantitative estimate of drug-likeness (QED) is 0.478. The number of aliphatic carboxylic acids is 1. The number of pyridine rings is 1. The number of carboxylic acids is 1. The molecule has 3 aromatic rings. The fourth-order valence-electron chi connectivity index (χ4n) is 2.83. The number of carboxylic acid groups (broad SMARTS) is 1. The Hall–Kier alpha value is -3.24. The summed E-state index contributed by atoms with van der Waals surface area (Å²) in [7, 11) is -2.31. The molecule has 0 aliphatic rings. The maximum Gasteiger partial charge on any atom is 0.309 e. The van der Waals surface area contributed by atoms with Crippen molar-refractivity contribution < 1.29 is 23.1 Å². The molecule has 9 nitrogen and oxygen atoms in total. The van der Waals surface area contributed by atoms with Crippen molar-refractivity contribution >= 4 is 16.0 Å². The number of aromatic amines is 1. The molecule has 0 saturated carbocycles. The lowest BCUT2D eigenvalue weighted by Gasteiger charge is -2.23. The number of hydrogen-bond donors (Lipinski definition) is 2. The molecule has 0 aliphatic carbocycles. The average Bonchev–Trinajstić information content (AvgIpc) is 3.31. The van der Waals surface area contributed by atoms with Gasteiger partial charge in [0.05, 0.1) is 27.9 Å². The van der Waals surface area contributed by atoms with Crippen molar-refractivity contribution in [3.05, 3.63) is 60.4 Å². The van der Waals surface area contributed by atoms with Crippen LogP contribution in [0.25, 0.3) is 11.4 Å². The Morgan fingerprint density at radius 3 is 2.62 bits per heavy atom. The third-order valence-corrected chi connectivity index (χ3v) is 7.01. The molecule has 0 atom stereocenters. The molecule has 0 amide bonds. The predicted molar refractivity (Wildman–Crippen MR) is 118 cm³/mol. The zero-order valence-corrected chi connectivity index (χ0v) is 19.0. The van der Waals surface area contributed by atoms with Crippen molar-refractivity contribution in [2.75, 3.05) is 13.6 Å². The number of rotatable bonds is 10. The number of aromatic nitrogens is 3. The minimum Gasteiger partial charge on any atom is -0.487 e. The number of nitrogens with zero attached hydrogens (tertiary/aromatic N) is 3. The topological polar surface area (TPSA) is 125 Å². The fourth-order valence-corrected chi connectivity index (χ4v) is 4.07. The summed E-state index contributed by atoms with van der Waals surface area (Å²) in [4.78, 5) is 15.7. The number of hydrogen-bond acceptors (Lipinski definition) is 6. The number of benzene rings is 1. The minimum absolute atomic E-state index is 0.0940. The van der Waals surface area contributed by atoms with Crippen molar-refractivity contribution in [2.24, 2.45) is 5.41 Å². The monoisotopic (exact) mass is 458 g/mol. The second kappa shape index (κ2) is 9.49. The molecule has 2 heterocycles. The highest BCUT2D eigenvalue weighted by Crippen LogP contribution is 2.24. The van der Waals surface area contributed by atoms with E-state index in [9.17, 15) is 18.3 Å². The molecule has 3 rings (SSSR count). The maximum atomic E-state index is 12.9. The van der Waals surface area contributed by atoms with Crippen LogP contribution in [0.4, 0.5) is 0 Å². The molecular weight excluding hydrogens is 432 g/mol. The first-order valence-corrected chi connectivity index (χ1v) is 11.4. The SMILES string of the molecule is CN(CCC(C)(C)C(=O)O)S(=O)(=O)c1cccc(COc2ccc(-c3ccn[nH]3)nc2)c1. The Bertz CT molecular complexity index is 1160. The van der Waals surface area contributed by atoms with Gasteiger partial charge in [-0.2, -0.15) is 5.10 Å². The Labute approximate surface area is 187 Å². The second-order valence-corrected chi connectivity index (χ2v) is 10.1. The van der Waals surface area contributed by atoms with Crippen molar-refractivity contribution in [1.82, 2.24) is 19.5 Å². The highest BCUT2D eigenvalue weighted by atomic mass is 32.2. The average molecular weight is 459 g/mol. The fraction of sp³-hybridized carbons (Fsp3) is 0.318. The van der Waals surface area contributed by atoms with Crippen LogP contribution in [0.3, 0.4) is 0 Å². The molecular formula is C22H26N4O5S. The summed E-state index contributed by atoms with van der Waals surface area (Å²) in [5, 5.41) is 16.0. The zero-order valence-electron chi connectivity index (χ0n) is 18.1. The van der Waals surface area contributed by atoms with Gasteiger partial charge in [-0.15, -0.1) is 0 Å². The Morgan fingerprint density at radius 2 is 2.00 bits per heavy atom. The molecule has 0 radical (unpaired) electrons. The van der Waals surface area contributed by atoms with Gasteiger partial charge in [-0.1, -0.05) is 12.1 Å². The van der Waals surface area contributed by atoms with E-state index in [1.165, 1.54) is 17.4 Å². The van der Waals surface area contributed by atoms with E-state index in [2.05, 4.69) is 15.2 Å². The third kappa shape index (κ3) is 5.51. The van der Waals surface area contributed by atoms with Crippen LogP contribution in [0.15, 0.2) is 59.8 Å². The van der Waals surface area contributed by atoms with Gasteiger partial charge >= 0.3 is 5.97 Å². The molecule has 0 aliphatic heterocycles. The highest BCUT2D eigenvalue weighted by molar-refractivity contribution is 7.89.